The number of ketones is 1. The van der Waals surface area contributed by atoms with Gasteiger partial charge in [0.05, 0.1) is 59.1 Å². The average Bonchev–Trinajstić information content (AvgIpc) is 3.46. The Bertz CT molecular complexity index is 2020. The lowest BCUT2D eigenvalue weighted by Crippen LogP contribution is -2.46. The standard InChI is InChI=1S/C43H58N2O14/c1-20-13-12-14-21(2)42(53)45-33-28(19-44-57-18-15-22(3)54-10)37(50)30-31(38(33)51)36(49)26(7)40-32(30)41(52)43(9,59-40)56-17-16-29(55-11)23(4)39(58-27(8)46)25(6)35(48)24(5)34(20)47/h12-14,16-17,19-20,22-25,29,34-35,39,47-51H,15,18H2,1-11H3,(H,45,53)/b13-12+,17-16+,21-14-,44-19+/t20-,22?,23-,24-,25-,29+,34+,35-,39-,43+/m1/s1. The van der Waals surface area contributed by atoms with E-state index in [-0.39, 0.29) is 57.2 Å². The fourth-order valence-corrected chi connectivity index (χ4v) is 7.35. The number of oxime groups is 1. The summed E-state index contributed by atoms with van der Waals surface area (Å²) in [6.07, 6.45) is 4.78. The molecule has 324 valence electrons. The Labute approximate surface area is 344 Å². The topological polar surface area (TPSA) is 232 Å². The second-order valence-electron chi connectivity index (χ2n) is 15.5. The van der Waals surface area contributed by atoms with Gasteiger partial charge in [0.25, 0.3) is 11.7 Å². The number of benzene rings is 2. The number of hydrogen-bond acceptors (Lipinski definition) is 15. The average molecular weight is 827 g/mol. The van der Waals surface area contributed by atoms with Gasteiger partial charge in [-0.15, -0.1) is 0 Å². The summed E-state index contributed by atoms with van der Waals surface area (Å²) in [6.45, 7) is 14.3. The van der Waals surface area contributed by atoms with Crippen LogP contribution in [0.3, 0.4) is 0 Å². The van der Waals surface area contributed by atoms with E-state index in [4.69, 9.17) is 28.5 Å². The smallest absolute Gasteiger partial charge is 0.312 e. The van der Waals surface area contributed by atoms with Crippen LogP contribution in [-0.2, 0) is 33.4 Å². The maximum absolute atomic E-state index is 14.4. The highest BCUT2D eigenvalue weighted by Crippen LogP contribution is 2.55. The lowest BCUT2D eigenvalue weighted by molar-refractivity contribution is -0.160. The van der Waals surface area contributed by atoms with Gasteiger partial charge in [0.2, 0.25) is 0 Å². The van der Waals surface area contributed by atoms with Crippen LogP contribution in [-0.4, -0.2) is 107 Å². The Morgan fingerprint density at radius 3 is 2.29 bits per heavy atom. The van der Waals surface area contributed by atoms with Crippen LogP contribution in [0, 0.1) is 30.6 Å². The number of anilines is 1. The number of carbonyl (C=O) groups excluding carboxylic acids is 3. The molecule has 10 atom stereocenters. The van der Waals surface area contributed by atoms with Gasteiger partial charge in [-0.25, -0.2) is 0 Å². The quantitative estimate of drug-likeness (QED) is 0.0480. The molecule has 16 heteroatoms. The van der Waals surface area contributed by atoms with Crippen LogP contribution in [0.1, 0.15) is 83.3 Å². The highest BCUT2D eigenvalue weighted by Gasteiger charge is 2.50. The molecule has 6 N–H and O–H groups in total. The first kappa shape index (κ1) is 46.5. The van der Waals surface area contributed by atoms with E-state index in [9.17, 15) is 39.9 Å². The van der Waals surface area contributed by atoms with Crippen LogP contribution in [0.5, 0.6) is 23.0 Å². The molecule has 16 nitrogen and oxygen atoms in total. The molecule has 0 saturated carbocycles. The molecule has 0 aliphatic carbocycles. The number of carbonyl (C=O) groups is 3. The molecule has 5 rings (SSSR count). The monoisotopic (exact) mass is 826 g/mol. The third-order valence-electron chi connectivity index (χ3n) is 11.3. The number of rotatable bonds is 8. The summed E-state index contributed by atoms with van der Waals surface area (Å²) >= 11 is 0. The molecule has 3 heterocycles. The van der Waals surface area contributed by atoms with E-state index in [2.05, 4.69) is 10.5 Å². The van der Waals surface area contributed by atoms with Crippen molar-refractivity contribution in [3.63, 3.8) is 0 Å². The third kappa shape index (κ3) is 9.67. The van der Waals surface area contributed by atoms with E-state index >= 15 is 0 Å². The highest BCUT2D eigenvalue weighted by molar-refractivity contribution is 6.23. The van der Waals surface area contributed by atoms with Gasteiger partial charge in [0.1, 0.15) is 30.0 Å². The molecule has 2 aromatic rings. The molecule has 0 aromatic heterocycles. The Kier molecular flexibility index (Phi) is 15.2. The highest BCUT2D eigenvalue weighted by atomic mass is 16.7. The number of aliphatic hydroxyl groups is 2. The van der Waals surface area contributed by atoms with E-state index in [0.717, 1.165) is 6.21 Å². The predicted molar refractivity (Wildman–Crippen MR) is 218 cm³/mol. The zero-order chi connectivity index (χ0) is 44.1. The molecule has 0 spiro atoms. The molecule has 3 aliphatic heterocycles. The van der Waals surface area contributed by atoms with E-state index in [1.54, 1.807) is 47.0 Å². The van der Waals surface area contributed by atoms with Gasteiger partial charge in [0.15, 0.2) is 5.75 Å². The lowest BCUT2D eigenvalue weighted by atomic mass is 9.78. The van der Waals surface area contributed by atoms with Crippen molar-refractivity contribution in [2.24, 2.45) is 28.8 Å². The maximum atomic E-state index is 14.4. The Hall–Kier alpha value is -5.16. The van der Waals surface area contributed by atoms with Crippen molar-refractivity contribution in [1.29, 1.82) is 0 Å². The minimum atomic E-state index is -2.07. The molecule has 1 amide bonds. The maximum Gasteiger partial charge on any atom is 0.312 e. The number of esters is 1. The normalized spacial score (nSPS) is 30.6. The summed E-state index contributed by atoms with van der Waals surface area (Å²) in [6, 6.07) is 0. The van der Waals surface area contributed by atoms with Crippen molar-refractivity contribution in [2.75, 3.05) is 26.1 Å². The Morgan fingerprint density at radius 2 is 1.66 bits per heavy atom. The number of allylic oxidation sites excluding steroid dienone is 2. The zero-order valence-electron chi connectivity index (χ0n) is 35.4. The molecule has 2 aromatic carbocycles. The van der Waals surface area contributed by atoms with Crippen molar-refractivity contribution >= 4 is 40.3 Å². The fraction of sp³-hybridized carbons (Fsp3) is 0.535. The third-order valence-corrected chi connectivity index (χ3v) is 11.3. The number of nitrogens with zero attached hydrogens (tertiary/aromatic N) is 1. The van der Waals surface area contributed by atoms with Crippen LogP contribution >= 0.6 is 0 Å². The summed E-state index contributed by atoms with van der Waals surface area (Å²) in [7, 11) is 2.97. The summed E-state index contributed by atoms with van der Waals surface area (Å²) in [5.74, 6) is -8.73. The molecular weight excluding hydrogens is 768 g/mol. The Morgan fingerprint density at radius 1 is 0.983 bits per heavy atom. The molecule has 0 saturated heterocycles. The second-order valence-corrected chi connectivity index (χ2v) is 15.5. The number of methoxy groups -OCH3 is 2. The Balaban J connectivity index is 1.95. The van der Waals surface area contributed by atoms with Crippen LogP contribution in [0.25, 0.3) is 10.8 Å². The number of phenols is 3. The van der Waals surface area contributed by atoms with Gasteiger partial charge >= 0.3 is 11.8 Å². The number of aliphatic hydroxyl groups excluding tert-OH is 2. The molecule has 3 aliphatic rings. The number of phenolic OH excluding ortho intramolecular Hbond substituents is 3. The number of amides is 1. The van der Waals surface area contributed by atoms with Gasteiger partial charge in [-0.05, 0) is 26.8 Å². The van der Waals surface area contributed by atoms with Crippen LogP contribution < -0.4 is 10.1 Å². The number of aromatic hydroxyl groups is 3. The van der Waals surface area contributed by atoms with Gasteiger partial charge in [-0.2, -0.15) is 0 Å². The largest absolute Gasteiger partial charge is 0.507 e. The van der Waals surface area contributed by atoms with Gasteiger partial charge in [-0.1, -0.05) is 51.1 Å². The second kappa shape index (κ2) is 19.3. The van der Waals surface area contributed by atoms with Gasteiger partial charge < -0.3 is 59.4 Å². The van der Waals surface area contributed by atoms with Crippen molar-refractivity contribution in [1.82, 2.24) is 0 Å². The number of ether oxygens (including phenoxy) is 5. The predicted octanol–water partition coefficient (Wildman–Crippen LogP) is 5.53. The first-order valence-electron chi connectivity index (χ1n) is 19.5. The summed E-state index contributed by atoms with van der Waals surface area (Å²) in [5, 5.41) is 64.0. The molecule has 59 heavy (non-hydrogen) atoms. The van der Waals surface area contributed by atoms with E-state index in [1.165, 1.54) is 53.2 Å². The van der Waals surface area contributed by atoms with Crippen LogP contribution in [0.4, 0.5) is 5.69 Å². The molecule has 0 fully saturated rings. The minimum absolute atomic E-state index is 0.0265. The van der Waals surface area contributed by atoms with Crippen LogP contribution in [0.2, 0.25) is 0 Å². The van der Waals surface area contributed by atoms with Crippen LogP contribution in [0.15, 0.2) is 41.3 Å². The molecule has 1 unspecified atom stereocenters. The van der Waals surface area contributed by atoms with Crippen molar-refractivity contribution in [3.8, 4) is 23.0 Å². The number of hydrogen-bond donors (Lipinski definition) is 6. The summed E-state index contributed by atoms with van der Waals surface area (Å²) in [5.41, 5.74) is -0.670. The fourth-order valence-electron chi connectivity index (χ4n) is 7.35. The first-order valence-corrected chi connectivity index (χ1v) is 19.5. The van der Waals surface area contributed by atoms with Gasteiger partial charge in [-0.3, -0.25) is 14.4 Å². The number of nitrogens with one attached hydrogen (secondary N) is 1. The molecule has 0 radical (unpaired) electrons. The van der Waals surface area contributed by atoms with E-state index in [0.29, 0.717) is 6.42 Å². The molecular formula is C43H58N2O14. The number of Topliss-reactive ketones (excluding diaryl/α,β-unsaturated/α-hetero) is 1. The first-order chi connectivity index (χ1) is 27.7. The summed E-state index contributed by atoms with van der Waals surface area (Å²) < 4.78 is 28.7. The van der Waals surface area contributed by atoms with Gasteiger partial charge in [0, 0.05) is 74.7 Å². The van der Waals surface area contributed by atoms with Crippen molar-refractivity contribution in [3.05, 3.63) is 52.8 Å². The SMILES string of the molecule is COC(C)CCO/N=C/c1c2c(O)c3c(O)c(C)c4c(c3c1O)C(=O)[C@@](C)(O/C=C/[C@H](OC)[C@@H](C)[C@@H](OC(C)=O)[C@H](C)[C@H](O)[C@H](C)[C@@H](O)[C@H](C)/C=C/C=C(/C)C(=O)N2)O4. The number of fused-ring (bicyclic) bond motifs is 14. The van der Waals surface area contributed by atoms with Crippen molar-refractivity contribution in [2.45, 2.75) is 105 Å². The van der Waals surface area contributed by atoms with E-state index in [1.807, 2.05) is 6.92 Å². The van der Waals surface area contributed by atoms with Crippen molar-refractivity contribution < 1.29 is 68.4 Å². The lowest BCUT2D eigenvalue weighted by Gasteiger charge is -2.38. The summed E-state index contributed by atoms with van der Waals surface area (Å²) in [4.78, 5) is 45.7. The minimum Gasteiger partial charge on any atom is -0.507 e. The zero-order valence-corrected chi connectivity index (χ0v) is 35.4. The molecule has 5 bridgehead atoms. The van der Waals surface area contributed by atoms with E-state index < -0.39 is 88.8 Å².